The molecule has 5 heteroatoms. The number of nitrogens with two attached hydrogens (primary N) is 1. The van der Waals surface area contributed by atoms with E-state index in [0.717, 1.165) is 0 Å². The van der Waals surface area contributed by atoms with Gasteiger partial charge < -0.3 is 0 Å². The van der Waals surface area contributed by atoms with E-state index in [1.54, 1.807) is 0 Å². The van der Waals surface area contributed by atoms with Crippen LogP contribution in [0.4, 0.5) is 4.39 Å². The lowest BCUT2D eigenvalue weighted by Gasteiger charge is -1.94. The van der Waals surface area contributed by atoms with Crippen LogP contribution in [0.1, 0.15) is 0 Å². The molecule has 0 aromatic heterocycles. The summed E-state index contributed by atoms with van der Waals surface area (Å²) in [6, 6.07) is 0. The number of rotatable bonds is 2. The zero-order chi connectivity index (χ0) is 6.78. The van der Waals surface area contributed by atoms with Crippen molar-refractivity contribution in [2.45, 2.75) is 5.50 Å². The van der Waals surface area contributed by atoms with Gasteiger partial charge in [-0.05, 0) is 6.08 Å². The summed E-state index contributed by atoms with van der Waals surface area (Å²) in [5.74, 6) is 0. The van der Waals surface area contributed by atoms with Crippen LogP contribution in [0, 0.1) is 0 Å². The van der Waals surface area contributed by atoms with Gasteiger partial charge in [-0.3, -0.25) is 0 Å². The van der Waals surface area contributed by atoms with E-state index < -0.39 is 15.5 Å². The maximum Gasteiger partial charge on any atom is 0.245 e. The van der Waals surface area contributed by atoms with Gasteiger partial charge in [0.25, 0.3) is 0 Å². The Bertz CT molecular complexity index is 174. The molecule has 8 heavy (non-hydrogen) atoms. The molecule has 1 atom stereocenters. The average molecular weight is 139 g/mol. The molecule has 0 spiro atoms. The number of hydrogen-bond donors (Lipinski definition) is 1. The minimum atomic E-state index is -4.04. The van der Waals surface area contributed by atoms with Gasteiger partial charge in [0.1, 0.15) is 0 Å². The maximum atomic E-state index is 11.8. The Morgan fingerprint density at radius 1 is 1.75 bits per heavy atom. The number of alkyl halides is 1. The number of primary sulfonamides is 1. The summed E-state index contributed by atoms with van der Waals surface area (Å²) in [5, 5.41) is 4.32. The normalized spacial score (nSPS) is 15.2. The molecule has 3 nitrogen and oxygen atoms in total. The minimum Gasteiger partial charge on any atom is -0.226 e. The summed E-state index contributed by atoms with van der Waals surface area (Å²) in [6.45, 7) is 2.89. The van der Waals surface area contributed by atoms with E-state index in [-0.39, 0.29) is 0 Å². The van der Waals surface area contributed by atoms with Gasteiger partial charge in [0.15, 0.2) is 0 Å². The first kappa shape index (κ1) is 7.58. The monoisotopic (exact) mass is 139 g/mol. The molecular weight excluding hydrogens is 133 g/mol. The van der Waals surface area contributed by atoms with Gasteiger partial charge in [-0.2, -0.15) is 0 Å². The lowest BCUT2D eigenvalue weighted by Crippen LogP contribution is -2.22. The highest BCUT2D eigenvalue weighted by Gasteiger charge is 2.14. The third-order valence-corrected chi connectivity index (χ3v) is 1.32. The van der Waals surface area contributed by atoms with Crippen molar-refractivity contribution in [2.75, 3.05) is 0 Å². The Morgan fingerprint density at radius 3 is 2.12 bits per heavy atom. The smallest absolute Gasteiger partial charge is 0.226 e. The fourth-order valence-electron chi connectivity index (χ4n) is 0.134. The van der Waals surface area contributed by atoms with Gasteiger partial charge in [-0.15, -0.1) is 0 Å². The molecule has 0 saturated heterocycles. The lowest BCUT2D eigenvalue weighted by atomic mass is 10.7. The van der Waals surface area contributed by atoms with E-state index >= 15 is 0 Å². The molecule has 0 aromatic rings. The minimum absolute atomic E-state index is 0.620. The largest absolute Gasteiger partial charge is 0.245 e. The van der Waals surface area contributed by atoms with Crippen molar-refractivity contribution in [2.24, 2.45) is 5.14 Å². The molecule has 0 amide bonds. The topological polar surface area (TPSA) is 60.2 Å². The second kappa shape index (κ2) is 2.23. The second-order valence-electron chi connectivity index (χ2n) is 1.18. The fraction of sp³-hybridized carbons (Fsp3) is 0.333. The first-order chi connectivity index (χ1) is 3.48. The van der Waals surface area contributed by atoms with Crippen LogP contribution in [0.25, 0.3) is 0 Å². The molecule has 0 bridgehead atoms. The molecule has 0 aliphatic heterocycles. The Hall–Kier alpha value is -0.420. The van der Waals surface area contributed by atoms with E-state index in [0.29, 0.717) is 6.08 Å². The molecule has 0 fully saturated rings. The molecule has 0 saturated carbocycles. The van der Waals surface area contributed by atoms with Crippen molar-refractivity contribution < 1.29 is 12.8 Å². The SMILES string of the molecule is C=CC(F)S(N)(=O)=O. The number of halogens is 1. The highest BCUT2D eigenvalue weighted by atomic mass is 32.2. The van der Waals surface area contributed by atoms with E-state index in [1.807, 2.05) is 0 Å². The highest BCUT2D eigenvalue weighted by molar-refractivity contribution is 7.89. The van der Waals surface area contributed by atoms with Crippen LogP contribution in [0.5, 0.6) is 0 Å². The van der Waals surface area contributed by atoms with Gasteiger partial charge in [0, 0.05) is 0 Å². The molecule has 0 radical (unpaired) electrons. The predicted molar refractivity (Wildman–Crippen MR) is 28.2 cm³/mol. The quantitative estimate of drug-likeness (QED) is 0.536. The van der Waals surface area contributed by atoms with Crippen LogP contribution in [0.3, 0.4) is 0 Å². The van der Waals surface area contributed by atoms with Crippen molar-refractivity contribution in [1.82, 2.24) is 0 Å². The summed E-state index contributed by atoms with van der Waals surface area (Å²) >= 11 is 0. The molecule has 0 aromatic carbocycles. The number of sulfonamides is 1. The van der Waals surface area contributed by atoms with Gasteiger partial charge in [0.05, 0.1) is 0 Å². The molecular formula is C3H6FNO2S. The van der Waals surface area contributed by atoms with Gasteiger partial charge >= 0.3 is 0 Å². The highest BCUT2D eigenvalue weighted by Crippen LogP contribution is 1.96. The van der Waals surface area contributed by atoms with Crippen molar-refractivity contribution >= 4 is 10.0 Å². The van der Waals surface area contributed by atoms with Gasteiger partial charge in [-0.1, -0.05) is 6.58 Å². The summed E-state index contributed by atoms with van der Waals surface area (Å²) in [5.41, 5.74) is -2.14. The third kappa shape index (κ3) is 2.04. The zero-order valence-corrected chi connectivity index (χ0v) is 4.86. The number of hydrogen-bond acceptors (Lipinski definition) is 2. The van der Waals surface area contributed by atoms with E-state index in [4.69, 9.17) is 0 Å². The third-order valence-electron chi connectivity index (χ3n) is 0.499. The van der Waals surface area contributed by atoms with E-state index in [2.05, 4.69) is 11.7 Å². The summed E-state index contributed by atoms with van der Waals surface area (Å²) < 4.78 is 31.6. The molecule has 0 rings (SSSR count). The molecule has 1 unspecified atom stereocenters. The first-order valence-electron chi connectivity index (χ1n) is 1.76. The van der Waals surface area contributed by atoms with Crippen molar-refractivity contribution in [3.05, 3.63) is 12.7 Å². The first-order valence-corrected chi connectivity index (χ1v) is 3.37. The fourth-order valence-corrected chi connectivity index (χ4v) is 0.402. The summed E-state index contributed by atoms with van der Waals surface area (Å²) in [4.78, 5) is 0. The van der Waals surface area contributed by atoms with E-state index in [1.165, 1.54) is 0 Å². The summed E-state index contributed by atoms with van der Waals surface area (Å²) in [7, 11) is -4.04. The van der Waals surface area contributed by atoms with E-state index in [9.17, 15) is 12.8 Å². The van der Waals surface area contributed by atoms with Crippen molar-refractivity contribution in [3.63, 3.8) is 0 Å². The predicted octanol–water partition coefficient (Wildman–Crippen LogP) is -0.243. The molecule has 48 valence electrons. The zero-order valence-electron chi connectivity index (χ0n) is 4.04. The van der Waals surface area contributed by atoms with Gasteiger partial charge in [0.2, 0.25) is 15.5 Å². The molecule has 0 heterocycles. The average Bonchev–Trinajstić information content (AvgIpc) is 1.62. The summed E-state index contributed by atoms with van der Waals surface area (Å²) in [6.07, 6.45) is 0.620. The maximum absolute atomic E-state index is 11.8. The van der Waals surface area contributed by atoms with Crippen LogP contribution in [0.15, 0.2) is 12.7 Å². The van der Waals surface area contributed by atoms with Crippen LogP contribution in [-0.4, -0.2) is 13.9 Å². The van der Waals surface area contributed by atoms with Crippen LogP contribution < -0.4 is 5.14 Å². The van der Waals surface area contributed by atoms with Crippen LogP contribution >= 0.6 is 0 Å². The molecule has 2 N–H and O–H groups in total. The Morgan fingerprint density at radius 2 is 2.12 bits per heavy atom. The molecule has 0 aliphatic carbocycles. The Balaban J connectivity index is 4.26. The molecule has 0 aliphatic rings. The van der Waals surface area contributed by atoms with Crippen molar-refractivity contribution in [1.29, 1.82) is 0 Å². The van der Waals surface area contributed by atoms with Crippen molar-refractivity contribution in [3.8, 4) is 0 Å². The second-order valence-corrected chi connectivity index (χ2v) is 2.80. The van der Waals surface area contributed by atoms with Crippen LogP contribution in [-0.2, 0) is 10.0 Å². The Labute approximate surface area is 47.0 Å². The Kier molecular flexibility index (Phi) is 2.12. The standard InChI is InChI=1S/C3H6FNO2S/c1-2-3(4)8(5,6)7/h2-3H,1H2,(H2,5,6,7). The van der Waals surface area contributed by atoms with Crippen LogP contribution in [0.2, 0.25) is 0 Å². The lowest BCUT2D eigenvalue weighted by molar-refractivity contribution is 0.475. The van der Waals surface area contributed by atoms with Gasteiger partial charge in [-0.25, -0.2) is 17.9 Å².